The molecule has 0 unspecified atom stereocenters. The van der Waals surface area contributed by atoms with E-state index in [1.54, 1.807) is 17.9 Å². The number of benzene rings is 1. The van der Waals surface area contributed by atoms with Gasteiger partial charge in [-0.2, -0.15) is 5.10 Å². The van der Waals surface area contributed by atoms with Gasteiger partial charge in [-0.15, -0.1) is 0 Å². The van der Waals surface area contributed by atoms with Gasteiger partial charge in [0.2, 0.25) is 0 Å². The van der Waals surface area contributed by atoms with Crippen molar-refractivity contribution in [2.45, 2.75) is 20.0 Å². The molecule has 0 fully saturated rings. The highest BCUT2D eigenvalue weighted by atomic mass is 16.5. The molecular weight excluding hydrogens is 256 g/mol. The Morgan fingerprint density at radius 2 is 2.10 bits per heavy atom. The molecule has 0 aliphatic carbocycles. The van der Waals surface area contributed by atoms with Gasteiger partial charge in [-0.3, -0.25) is 9.48 Å². The third-order valence-corrected chi connectivity index (χ3v) is 2.80. The highest BCUT2D eigenvalue weighted by Gasteiger charge is 2.12. The van der Waals surface area contributed by atoms with E-state index < -0.39 is 6.10 Å². The minimum absolute atomic E-state index is 0.157. The van der Waals surface area contributed by atoms with Gasteiger partial charge in [0.15, 0.2) is 5.82 Å². The van der Waals surface area contributed by atoms with Crippen LogP contribution in [0.25, 0.3) is 11.4 Å². The van der Waals surface area contributed by atoms with Gasteiger partial charge in [0, 0.05) is 24.9 Å². The molecule has 6 nitrogen and oxygen atoms in total. The molecule has 1 amide bonds. The fourth-order valence-electron chi connectivity index (χ4n) is 1.74. The number of ether oxygens (including phenoxy) is 1. The number of nitrogens with one attached hydrogen (secondary N) is 1. The third kappa shape index (κ3) is 3.42. The van der Waals surface area contributed by atoms with E-state index in [9.17, 15) is 4.79 Å². The van der Waals surface area contributed by atoms with Crippen molar-refractivity contribution in [3.63, 3.8) is 0 Å². The Labute approximate surface area is 117 Å². The average Bonchev–Trinajstić information content (AvgIpc) is 2.86. The largest absolute Gasteiger partial charge is 0.369 e. The molecule has 2 aromatic rings. The van der Waals surface area contributed by atoms with Crippen molar-refractivity contribution in [3.8, 4) is 11.4 Å². The van der Waals surface area contributed by atoms with Gasteiger partial charge in [-0.1, -0.05) is 0 Å². The van der Waals surface area contributed by atoms with E-state index in [0.717, 1.165) is 11.3 Å². The second-order valence-corrected chi connectivity index (χ2v) is 4.41. The zero-order chi connectivity index (χ0) is 14.5. The summed E-state index contributed by atoms with van der Waals surface area (Å²) >= 11 is 0. The monoisotopic (exact) mass is 274 g/mol. The molecule has 1 N–H and O–H groups in total. The summed E-state index contributed by atoms with van der Waals surface area (Å²) in [6.07, 6.45) is 1.19. The number of carbonyl (C=O) groups is 1. The molecule has 0 radical (unpaired) electrons. The van der Waals surface area contributed by atoms with E-state index in [1.807, 2.05) is 38.2 Å². The number of nitrogens with zero attached hydrogens (tertiary/aromatic N) is 3. The molecule has 20 heavy (non-hydrogen) atoms. The maximum absolute atomic E-state index is 11.8. The molecule has 0 saturated heterocycles. The van der Waals surface area contributed by atoms with Crippen molar-refractivity contribution >= 4 is 11.6 Å². The molecule has 2 rings (SSSR count). The van der Waals surface area contributed by atoms with Gasteiger partial charge >= 0.3 is 0 Å². The molecule has 106 valence electrons. The first kappa shape index (κ1) is 14.2. The number of amides is 1. The van der Waals surface area contributed by atoms with Crippen molar-refractivity contribution in [2.24, 2.45) is 7.05 Å². The summed E-state index contributed by atoms with van der Waals surface area (Å²) in [6.45, 7) is 4.10. The van der Waals surface area contributed by atoms with Crippen molar-refractivity contribution in [2.75, 3.05) is 11.9 Å². The zero-order valence-corrected chi connectivity index (χ0v) is 11.8. The van der Waals surface area contributed by atoms with Gasteiger partial charge in [0.1, 0.15) is 12.4 Å². The first-order valence-electron chi connectivity index (χ1n) is 6.48. The first-order chi connectivity index (χ1) is 9.60. The molecule has 1 aromatic heterocycles. The summed E-state index contributed by atoms with van der Waals surface area (Å²) in [4.78, 5) is 16.0. The van der Waals surface area contributed by atoms with Gasteiger partial charge < -0.3 is 10.1 Å². The lowest BCUT2D eigenvalue weighted by Crippen LogP contribution is -2.27. The van der Waals surface area contributed by atoms with Crippen LogP contribution in [0.4, 0.5) is 5.69 Å². The smallest absolute Gasteiger partial charge is 0.253 e. The van der Waals surface area contributed by atoms with E-state index in [1.165, 1.54) is 0 Å². The summed E-state index contributed by atoms with van der Waals surface area (Å²) in [5.41, 5.74) is 1.63. The maximum atomic E-state index is 11.8. The Hall–Kier alpha value is -2.21. The van der Waals surface area contributed by atoms with Gasteiger partial charge in [-0.25, -0.2) is 4.98 Å². The average molecular weight is 274 g/mol. The van der Waals surface area contributed by atoms with E-state index in [4.69, 9.17) is 4.74 Å². The molecular formula is C14H18N4O2. The Morgan fingerprint density at radius 3 is 2.65 bits per heavy atom. The summed E-state index contributed by atoms with van der Waals surface area (Å²) in [5, 5.41) is 7.02. The second kappa shape index (κ2) is 6.29. The van der Waals surface area contributed by atoms with Gasteiger partial charge in [-0.05, 0) is 38.1 Å². The molecule has 0 saturated carbocycles. The van der Waals surface area contributed by atoms with Crippen LogP contribution in [-0.2, 0) is 16.6 Å². The normalized spacial score (nSPS) is 12.2. The molecule has 0 spiro atoms. The highest BCUT2D eigenvalue weighted by molar-refractivity contribution is 5.94. The maximum Gasteiger partial charge on any atom is 0.253 e. The molecule has 0 aliphatic rings. The van der Waals surface area contributed by atoms with E-state index >= 15 is 0 Å². The summed E-state index contributed by atoms with van der Waals surface area (Å²) in [7, 11) is 1.82. The van der Waals surface area contributed by atoms with Gasteiger partial charge in [0.25, 0.3) is 5.91 Å². The molecule has 6 heteroatoms. The molecule has 1 aromatic carbocycles. The zero-order valence-electron chi connectivity index (χ0n) is 11.8. The Bertz CT molecular complexity index is 577. The van der Waals surface area contributed by atoms with Crippen LogP contribution in [0.3, 0.4) is 0 Å². The van der Waals surface area contributed by atoms with Crippen LogP contribution in [0.5, 0.6) is 0 Å². The number of carbonyl (C=O) groups excluding carboxylic acids is 1. The van der Waals surface area contributed by atoms with Crippen molar-refractivity contribution in [1.82, 2.24) is 14.8 Å². The number of aryl methyl sites for hydroxylation is 1. The van der Waals surface area contributed by atoms with Crippen molar-refractivity contribution in [1.29, 1.82) is 0 Å². The minimum atomic E-state index is -0.461. The van der Waals surface area contributed by atoms with Crippen LogP contribution >= 0.6 is 0 Å². The van der Waals surface area contributed by atoms with Gasteiger partial charge in [0.05, 0.1) is 0 Å². The predicted molar refractivity (Wildman–Crippen MR) is 76.2 cm³/mol. The lowest BCUT2D eigenvalue weighted by atomic mass is 10.2. The second-order valence-electron chi connectivity index (χ2n) is 4.41. The number of hydrogen-bond donors (Lipinski definition) is 1. The Kier molecular flexibility index (Phi) is 4.47. The van der Waals surface area contributed by atoms with Crippen LogP contribution in [0.15, 0.2) is 30.6 Å². The topological polar surface area (TPSA) is 69.0 Å². The Morgan fingerprint density at radius 1 is 1.40 bits per heavy atom. The standard InChI is InChI=1S/C14H18N4O2/c1-4-20-10(2)14(19)16-12-7-5-11(6-8-12)13-15-9-18(3)17-13/h5-10H,4H2,1-3H3,(H,16,19)/t10-/m0/s1. The van der Waals surface area contributed by atoms with E-state index in [0.29, 0.717) is 12.4 Å². The van der Waals surface area contributed by atoms with Crippen LogP contribution in [0.2, 0.25) is 0 Å². The minimum Gasteiger partial charge on any atom is -0.369 e. The fourth-order valence-corrected chi connectivity index (χ4v) is 1.74. The number of anilines is 1. The van der Waals surface area contributed by atoms with Crippen LogP contribution < -0.4 is 5.32 Å². The molecule has 0 aliphatic heterocycles. The molecule has 1 heterocycles. The fraction of sp³-hybridized carbons (Fsp3) is 0.357. The van der Waals surface area contributed by atoms with E-state index in [2.05, 4.69) is 15.4 Å². The number of hydrogen-bond acceptors (Lipinski definition) is 4. The SMILES string of the molecule is CCO[C@@H](C)C(=O)Nc1ccc(-c2ncn(C)n2)cc1. The Balaban J connectivity index is 2.03. The molecule has 1 atom stereocenters. The summed E-state index contributed by atoms with van der Waals surface area (Å²) in [5.74, 6) is 0.503. The van der Waals surface area contributed by atoms with Crippen molar-refractivity contribution in [3.05, 3.63) is 30.6 Å². The van der Waals surface area contributed by atoms with Crippen LogP contribution in [0, 0.1) is 0 Å². The lowest BCUT2D eigenvalue weighted by Gasteiger charge is -2.12. The van der Waals surface area contributed by atoms with Crippen LogP contribution in [0.1, 0.15) is 13.8 Å². The lowest BCUT2D eigenvalue weighted by molar-refractivity contribution is -0.126. The molecule has 0 bridgehead atoms. The quantitative estimate of drug-likeness (QED) is 0.903. The summed E-state index contributed by atoms with van der Waals surface area (Å²) in [6, 6.07) is 7.39. The number of aromatic nitrogens is 3. The predicted octanol–water partition coefficient (Wildman–Crippen LogP) is 1.85. The third-order valence-electron chi connectivity index (χ3n) is 2.80. The highest BCUT2D eigenvalue weighted by Crippen LogP contribution is 2.17. The van der Waals surface area contributed by atoms with Crippen LogP contribution in [-0.4, -0.2) is 33.4 Å². The van der Waals surface area contributed by atoms with E-state index in [-0.39, 0.29) is 5.91 Å². The number of rotatable bonds is 5. The summed E-state index contributed by atoms with van der Waals surface area (Å²) < 4.78 is 6.88. The first-order valence-corrected chi connectivity index (χ1v) is 6.48. The van der Waals surface area contributed by atoms with Crippen molar-refractivity contribution < 1.29 is 9.53 Å².